The summed E-state index contributed by atoms with van der Waals surface area (Å²) in [6.45, 7) is 3.96. The standard InChI is InChI=1S/C20H26N4O4S/c1-15(20(26)22-14-6-13-21-17-7-4-3-5-8-17)24-29(27,28)19-11-9-18(10-12-19)23-16(2)25/h3-5,7-12,15,21,24H,6,13-14H2,1-2H3,(H,22,26)(H,23,25)/t15-/m0/s1. The molecule has 0 radical (unpaired) electrons. The first-order valence-electron chi connectivity index (χ1n) is 9.24. The van der Waals surface area contributed by atoms with E-state index < -0.39 is 22.0 Å². The summed E-state index contributed by atoms with van der Waals surface area (Å²) < 4.78 is 27.2. The molecule has 0 aliphatic heterocycles. The van der Waals surface area contributed by atoms with E-state index in [1.807, 2.05) is 30.3 Å². The minimum Gasteiger partial charge on any atom is -0.385 e. The van der Waals surface area contributed by atoms with E-state index in [9.17, 15) is 18.0 Å². The molecule has 9 heteroatoms. The van der Waals surface area contributed by atoms with Crippen molar-refractivity contribution in [1.82, 2.24) is 10.0 Å². The third-order valence-electron chi connectivity index (χ3n) is 3.97. The number of benzene rings is 2. The molecule has 0 saturated carbocycles. The molecule has 0 fully saturated rings. The lowest BCUT2D eigenvalue weighted by Crippen LogP contribution is -2.45. The van der Waals surface area contributed by atoms with Crippen LogP contribution in [-0.4, -0.2) is 39.4 Å². The van der Waals surface area contributed by atoms with Gasteiger partial charge in [0.2, 0.25) is 21.8 Å². The van der Waals surface area contributed by atoms with Crippen molar-refractivity contribution in [2.24, 2.45) is 0 Å². The van der Waals surface area contributed by atoms with Gasteiger partial charge in [-0.15, -0.1) is 0 Å². The Kier molecular flexibility index (Phi) is 8.17. The molecule has 29 heavy (non-hydrogen) atoms. The predicted octanol–water partition coefficient (Wildman–Crippen LogP) is 1.93. The molecule has 2 amide bonds. The normalized spacial score (nSPS) is 12.1. The Balaban J connectivity index is 1.77. The van der Waals surface area contributed by atoms with E-state index >= 15 is 0 Å². The van der Waals surface area contributed by atoms with Crippen molar-refractivity contribution in [3.63, 3.8) is 0 Å². The molecule has 0 aliphatic rings. The van der Waals surface area contributed by atoms with Crippen molar-refractivity contribution >= 4 is 33.2 Å². The summed E-state index contributed by atoms with van der Waals surface area (Å²) in [4.78, 5) is 23.2. The van der Waals surface area contributed by atoms with Crippen molar-refractivity contribution in [1.29, 1.82) is 0 Å². The van der Waals surface area contributed by atoms with Gasteiger partial charge in [0.05, 0.1) is 10.9 Å². The summed E-state index contributed by atoms with van der Waals surface area (Å²) in [6.07, 6.45) is 0.699. The zero-order chi connectivity index (χ0) is 21.3. The maximum Gasteiger partial charge on any atom is 0.241 e. The lowest BCUT2D eigenvalue weighted by atomic mass is 10.3. The Morgan fingerprint density at radius 2 is 1.59 bits per heavy atom. The van der Waals surface area contributed by atoms with Crippen LogP contribution in [-0.2, 0) is 19.6 Å². The van der Waals surface area contributed by atoms with E-state index in [1.165, 1.54) is 38.1 Å². The smallest absolute Gasteiger partial charge is 0.241 e. The number of carbonyl (C=O) groups is 2. The van der Waals surface area contributed by atoms with Gasteiger partial charge in [-0.05, 0) is 49.7 Å². The zero-order valence-electron chi connectivity index (χ0n) is 16.4. The molecule has 8 nitrogen and oxygen atoms in total. The fourth-order valence-corrected chi connectivity index (χ4v) is 3.72. The highest BCUT2D eigenvalue weighted by Crippen LogP contribution is 2.14. The topological polar surface area (TPSA) is 116 Å². The van der Waals surface area contributed by atoms with E-state index in [1.54, 1.807) is 0 Å². The predicted molar refractivity (Wildman–Crippen MR) is 113 cm³/mol. The summed E-state index contributed by atoms with van der Waals surface area (Å²) in [6, 6.07) is 14.5. The Morgan fingerprint density at radius 3 is 2.21 bits per heavy atom. The van der Waals surface area contributed by atoms with Gasteiger partial charge in [-0.25, -0.2) is 8.42 Å². The Bertz CT molecular complexity index is 915. The maximum atomic E-state index is 12.4. The van der Waals surface area contributed by atoms with E-state index in [4.69, 9.17) is 0 Å². The van der Waals surface area contributed by atoms with Gasteiger partial charge >= 0.3 is 0 Å². The second kappa shape index (κ2) is 10.6. The molecular weight excluding hydrogens is 392 g/mol. The van der Waals surface area contributed by atoms with Crippen LogP contribution in [0.3, 0.4) is 0 Å². The van der Waals surface area contributed by atoms with Crippen LogP contribution in [0.4, 0.5) is 11.4 Å². The highest BCUT2D eigenvalue weighted by atomic mass is 32.2. The molecule has 0 saturated heterocycles. The second-order valence-electron chi connectivity index (χ2n) is 6.49. The van der Waals surface area contributed by atoms with Crippen LogP contribution in [0.25, 0.3) is 0 Å². The first-order chi connectivity index (χ1) is 13.8. The summed E-state index contributed by atoms with van der Waals surface area (Å²) in [5.74, 6) is -0.647. The average molecular weight is 419 g/mol. The lowest BCUT2D eigenvalue weighted by molar-refractivity contribution is -0.122. The van der Waals surface area contributed by atoms with Gasteiger partial charge in [0, 0.05) is 31.4 Å². The molecule has 0 aliphatic carbocycles. The van der Waals surface area contributed by atoms with Gasteiger partial charge in [0.1, 0.15) is 0 Å². The van der Waals surface area contributed by atoms with Crippen molar-refractivity contribution < 1.29 is 18.0 Å². The number of nitrogens with one attached hydrogen (secondary N) is 4. The maximum absolute atomic E-state index is 12.4. The quantitative estimate of drug-likeness (QED) is 0.440. The van der Waals surface area contributed by atoms with E-state index in [-0.39, 0.29) is 10.8 Å². The van der Waals surface area contributed by atoms with E-state index in [2.05, 4.69) is 20.7 Å². The fraction of sp³-hybridized carbons (Fsp3) is 0.300. The molecule has 0 aromatic heterocycles. The number of sulfonamides is 1. The molecule has 2 rings (SSSR count). The zero-order valence-corrected chi connectivity index (χ0v) is 17.3. The average Bonchev–Trinajstić information content (AvgIpc) is 2.68. The molecule has 0 bridgehead atoms. The highest BCUT2D eigenvalue weighted by Gasteiger charge is 2.21. The van der Waals surface area contributed by atoms with Crippen LogP contribution in [0.5, 0.6) is 0 Å². The van der Waals surface area contributed by atoms with Crippen molar-refractivity contribution in [2.75, 3.05) is 23.7 Å². The number of hydrogen-bond donors (Lipinski definition) is 4. The van der Waals surface area contributed by atoms with Gasteiger partial charge in [-0.2, -0.15) is 4.72 Å². The monoisotopic (exact) mass is 418 g/mol. The van der Waals surface area contributed by atoms with E-state index in [0.29, 0.717) is 25.2 Å². The molecule has 156 valence electrons. The third-order valence-corrected chi connectivity index (χ3v) is 5.52. The van der Waals surface area contributed by atoms with Crippen LogP contribution < -0.4 is 20.7 Å². The van der Waals surface area contributed by atoms with Gasteiger partial charge in [0.15, 0.2) is 0 Å². The lowest BCUT2D eigenvalue weighted by Gasteiger charge is -2.15. The second-order valence-corrected chi connectivity index (χ2v) is 8.20. The Labute approximate surface area is 171 Å². The van der Waals surface area contributed by atoms with Crippen LogP contribution in [0.2, 0.25) is 0 Å². The molecule has 0 unspecified atom stereocenters. The fourth-order valence-electron chi connectivity index (χ4n) is 2.52. The molecule has 0 heterocycles. The number of carbonyl (C=O) groups excluding carboxylic acids is 2. The minimum atomic E-state index is -3.86. The number of anilines is 2. The molecule has 2 aromatic rings. The molecule has 0 spiro atoms. The molecule has 4 N–H and O–H groups in total. The van der Waals surface area contributed by atoms with Crippen LogP contribution in [0.15, 0.2) is 59.5 Å². The van der Waals surface area contributed by atoms with Crippen LogP contribution in [0, 0.1) is 0 Å². The summed E-state index contributed by atoms with van der Waals surface area (Å²) in [5, 5.41) is 8.52. The van der Waals surface area contributed by atoms with Gasteiger partial charge in [0.25, 0.3) is 0 Å². The van der Waals surface area contributed by atoms with Gasteiger partial charge < -0.3 is 16.0 Å². The van der Waals surface area contributed by atoms with E-state index in [0.717, 1.165) is 5.69 Å². The first-order valence-corrected chi connectivity index (χ1v) is 10.7. The number of para-hydroxylation sites is 1. The summed E-state index contributed by atoms with van der Waals surface area (Å²) >= 11 is 0. The molecule has 1 atom stereocenters. The van der Waals surface area contributed by atoms with Crippen LogP contribution >= 0.6 is 0 Å². The van der Waals surface area contributed by atoms with Crippen molar-refractivity contribution in [2.45, 2.75) is 31.2 Å². The number of hydrogen-bond acceptors (Lipinski definition) is 5. The largest absolute Gasteiger partial charge is 0.385 e. The highest BCUT2D eigenvalue weighted by molar-refractivity contribution is 7.89. The van der Waals surface area contributed by atoms with Crippen LogP contribution in [0.1, 0.15) is 20.3 Å². The first kappa shape index (κ1) is 22.4. The Hall–Kier alpha value is -2.91. The SMILES string of the molecule is CC(=O)Nc1ccc(S(=O)(=O)N[C@@H](C)C(=O)NCCCNc2ccccc2)cc1. The molecular formula is C20H26N4O4S. The Morgan fingerprint density at radius 1 is 0.931 bits per heavy atom. The number of rotatable bonds is 10. The van der Waals surface area contributed by atoms with Crippen molar-refractivity contribution in [3.05, 3.63) is 54.6 Å². The summed E-state index contributed by atoms with van der Waals surface area (Å²) in [7, 11) is -3.86. The van der Waals surface area contributed by atoms with Gasteiger partial charge in [-0.3, -0.25) is 9.59 Å². The van der Waals surface area contributed by atoms with Crippen molar-refractivity contribution in [3.8, 4) is 0 Å². The minimum absolute atomic E-state index is 0.0123. The summed E-state index contributed by atoms with van der Waals surface area (Å²) in [5.41, 5.74) is 1.50. The number of amides is 2. The van der Waals surface area contributed by atoms with Gasteiger partial charge in [-0.1, -0.05) is 18.2 Å². The third kappa shape index (κ3) is 7.55. The molecule has 2 aromatic carbocycles.